The van der Waals surface area contributed by atoms with Crippen molar-refractivity contribution < 1.29 is 122 Å². The highest BCUT2D eigenvalue weighted by Gasteiger charge is 2.42. The molecule has 0 bridgehead atoms. The number of halogens is 6. The Balaban J connectivity index is 0.00000101. The summed E-state index contributed by atoms with van der Waals surface area (Å²) < 4.78 is 126. The maximum absolute atomic E-state index is 13.1. The highest BCUT2D eigenvalue weighted by molar-refractivity contribution is 5.72. The van der Waals surface area contributed by atoms with E-state index < -0.39 is 30.3 Å². The van der Waals surface area contributed by atoms with Gasteiger partial charge in [0, 0.05) is 36.8 Å². The number of hydrogen-bond acceptors (Lipinski definition) is 18. The number of aliphatic carboxylic acids is 2. The van der Waals surface area contributed by atoms with Gasteiger partial charge >= 0.3 is 30.3 Å². The Morgan fingerprint density at radius 2 is 0.744 bits per heavy atom. The molecule has 0 fully saturated rings. The highest BCUT2D eigenvalue weighted by atomic mass is 19.4. The molecule has 0 saturated carbocycles. The lowest BCUT2D eigenvalue weighted by molar-refractivity contribution is -0.940. The van der Waals surface area contributed by atoms with E-state index in [1.54, 1.807) is 56.9 Å². The minimum atomic E-state index is -5.19. The summed E-state index contributed by atoms with van der Waals surface area (Å²) in [5.74, 6) is -1.72. The topological polar surface area (TPSA) is 233 Å². The molecule has 26 heteroatoms. The lowest BCUT2D eigenvalue weighted by Crippen LogP contribution is -2.53. The van der Waals surface area contributed by atoms with Crippen molar-refractivity contribution in [1.29, 1.82) is 0 Å². The van der Waals surface area contributed by atoms with Gasteiger partial charge in [-0.15, -0.1) is 0 Å². The molecular weight excluding hydrogens is 1150 g/mol. The SMILES string of the molecule is COc1ccc(C[C@@H]2c3cc(OC)c(OC)cc3CC[N@+]2(C)CCC(=O)OCCCCCOC(=O)CCOC(=O)CC[N@@+]2(C)CCc3cc(OC)c(OC)cc3[C@H]2Cc2ccc(OC)c(OC)c2)cc1OC.O=C([O-])C(F)(F)F.O=C([O-])C(F)(F)F. The number of carboxylic acid groups (broad SMARTS) is 2. The Bertz CT molecular complexity index is 2900. The number of carboxylic acids is 2. The van der Waals surface area contributed by atoms with Gasteiger partial charge in [0.25, 0.3) is 0 Å². The Morgan fingerprint density at radius 1 is 0.442 bits per heavy atom. The van der Waals surface area contributed by atoms with Gasteiger partial charge in [-0.05, 0) is 90.0 Å². The van der Waals surface area contributed by atoms with Gasteiger partial charge in [-0.2, -0.15) is 26.3 Å². The number of fused-ring (bicyclic) bond motifs is 2. The number of nitrogens with zero attached hydrogens (tertiary/aromatic N) is 2. The summed E-state index contributed by atoms with van der Waals surface area (Å²) in [5.41, 5.74) is 6.85. The second-order valence-corrected chi connectivity index (χ2v) is 20.5. The van der Waals surface area contributed by atoms with Crippen molar-refractivity contribution in [3.63, 3.8) is 0 Å². The van der Waals surface area contributed by atoms with Crippen LogP contribution in [0.1, 0.15) is 84.0 Å². The van der Waals surface area contributed by atoms with Crippen molar-refractivity contribution in [2.45, 2.75) is 88.6 Å². The molecule has 0 saturated heterocycles. The molecule has 2 aliphatic heterocycles. The number of alkyl halides is 6. The summed E-state index contributed by atoms with van der Waals surface area (Å²) >= 11 is 0. The number of quaternary nitrogens is 2. The first kappa shape index (κ1) is 70.6. The number of unbranched alkanes of at least 4 members (excludes halogenated alkanes) is 2. The molecule has 4 aromatic rings. The monoisotopic (exact) mass is 1230 g/mol. The van der Waals surface area contributed by atoms with Crippen LogP contribution < -0.4 is 48.1 Å². The van der Waals surface area contributed by atoms with E-state index in [0.29, 0.717) is 100 Å². The van der Waals surface area contributed by atoms with E-state index in [4.69, 9.17) is 71.9 Å². The van der Waals surface area contributed by atoms with Crippen molar-refractivity contribution in [2.75, 3.05) is 117 Å². The van der Waals surface area contributed by atoms with Crippen LogP contribution in [-0.4, -0.2) is 168 Å². The number of benzene rings is 4. The molecule has 4 atom stereocenters. The molecule has 0 aliphatic carbocycles. The summed E-state index contributed by atoms with van der Waals surface area (Å²) in [6.45, 7) is 3.22. The van der Waals surface area contributed by atoms with Crippen LogP contribution in [0.15, 0.2) is 60.7 Å². The van der Waals surface area contributed by atoms with Gasteiger partial charge in [0.15, 0.2) is 46.0 Å². The summed E-state index contributed by atoms with van der Waals surface area (Å²) in [6.07, 6.45) is -4.99. The molecule has 6 rings (SSSR count). The zero-order chi connectivity index (χ0) is 64.0. The molecule has 0 amide bonds. The van der Waals surface area contributed by atoms with Crippen molar-refractivity contribution in [3.8, 4) is 46.0 Å². The minimum Gasteiger partial charge on any atom is -0.542 e. The van der Waals surface area contributed by atoms with E-state index in [-0.39, 0.29) is 63.1 Å². The van der Waals surface area contributed by atoms with Crippen LogP contribution in [0.25, 0.3) is 0 Å². The normalized spacial score (nSPS) is 17.7. The summed E-state index contributed by atoms with van der Waals surface area (Å²) in [6, 6.07) is 20.2. The lowest BCUT2D eigenvalue weighted by atomic mass is 9.86. The van der Waals surface area contributed by atoms with Crippen LogP contribution >= 0.6 is 0 Å². The zero-order valence-electron chi connectivity index (χ0n) is 50.0. The standard InChI is InChI=1S/C56H76N2O14.2C2HF3O2/c1-57(23-18-40-34-50(66-7)52(68-9)36-42(40)44(57)30-38-14-16-46(62-3)48(32-38)64-5)25-20-54(59)70-27-12-11-13-28-71-56(61)22-29-72-55(60)21-26-58(2)24-19-41-35-51(67-8)53(69-10)37-43(41)45(58)31-39-15-17-47(63-4)49(33-39)65-6;2*3-2(4,5)1(6)7/h14-17,32-37,44-45H,11-13,18-31H2,1-10H3;2*(H,6,7)/q+2;;/p-2/t44-,45-,57-,58-;;/m1../s1. The molecule has 2 aliphatic rings. The third-order valence-corrected chi connectivity index (χ3v) is 15.1. The molecule has 0 N–H and O–H groups in total. The number of likely N-dealkylation sites (N-methyl/N-ethyl adjacent to an activating group) is 2. The van der Waals surface area contributed by atoms with Crippen molar-refractivity contribution >= 4 is 29.8 Å². The van der Waals surface area contributed by atoms with E-state index in [0.717, 1.165) is 42.6 Å². The van der Waals surface area contributed by atoms with Crippen LogP contribution in [0.5, 0.6) is 46.0 Å². The van der Waals surface area contributed by atoms with E-state index in [9.17, 15) is 40.7 Å². The van der Waals surface area contributed by atoms with Crippen LogP contribution in [-0.2, 0) is 63.9 Å². The molecular formula is C60H76F6N2O18. The Kier molecular flexibility index (Phi) is 26.8. The number of esters is 3. The molecule has 0 radical (unpaired) electrons. The van der Waals surface area contributed by atoms with Gasteiger partial charge in [0.1, 0.15) is 30.6 Å². The summed E-state index contributed by atoms with van der Waals surface area (Å²) in [7, 11) is 17.4. The predicted molar refractivity (Wildman–Crippen MR) is 293 cm³/mol. The second-order valence-electron chi connectivity index (χ2n) is 20.5. The third-order valence-electron chi connectivity index (χ3n) is 15.1. The average molecular weight is 1230 g/mol. The van der Waals surface area contributed by atoms with E-state index in [1.807, 2.05) is 30.3 Å². The van der Waals surface area contributed by atoms with Gasteiger partial charge < -0.3 is 80.9 Å². The molecule has 0 unspecified atom stereocenters. The molecule has 0 aromatic heterocycles. The fourth-order valence-corrected chi connectivity index (χ4v) is 10.2. The number of hydrogen-bond donors (Lipinski definition) is 0. The third kappa shape index (κ3) is 20.1. The molecule has 0 spiro atoms. The first-order valence-electron chi connectivity index (χ1n) is 27.3. The van der Waals surface area contributed by atoms with E-state index in [2.05, 4.69) is 44.4 Å². The minimum absolute atomic E-state index is 0.0112. The highest BCUT2D eigenvalue weighted by Crippen LogP contribution is 2.45. The average Bonchev–Trinajstić information content (AvgIpc) is 3.68. The fraction of sp³-hybridized carbons (Fsp3) is 0.517. The number of rotatable bonds is 27. The van der Waals surface area contributed by atoms with Crippen LogP contribution in [0.4, 0.5) is 26.3 Å². The number of methoxy groups -OCH3 is 8. The van der Waals surface area contributed by atoms with Gasteiger partial charge in [-0.1, -0.05) is 12.1 Å². The van der Waals surface area contributed by atoms with Crippen molar-refractivity contribution in [3.05, 3.63) is 94.0 Å². The Labute approximate surface area is 495 Å². The van der Waals surface area contributed by atoms with Crippen molar-refractivity contribution in [1.82, 2.24) is 0 Å². The predicted octanol–water partition coefficient (Wildman–Crippen LogP) is 6.60. The van der Waals surface area contributed by atoms with Crippen LogP contribution in [0.2, 0.25) is 0 Å². The van der Waals surface area contributed by atoms with Gasteiger partial charge in [0.05, 0.1) is 130 Å². The zero-order valence-corrected chi connectivity index (χ0v) is 50.0. The number of carbonyl (C=O) groups excluding carboxylic acids is 5. The number of ether oxygens (including phenoxy) is 11. The molecule has 4 aromatic carbocycles. The van der Waals surface area contributed by atoms with Gasteiger partial charge in [0.2, 0.25) is 0 Å². The van der Waals surface area contributed by atoms with Crippen LogP contribution in [0.3, 0.4) is 0 Å². The summed E-state index contributed by atoms with van der Waals surface area (Å²) in [4.78, 5) is 56.4. The molecule has 2 heterocycles. The quantitative estimate of drug-likeness (QED) is 0.0201. The van der Waals surface area contributed by atoms with Crippen LogP contribution in [0, 0.1) is 0 Å². The second kappa shape index (κ2) is 32.6. The summed E-state index contributed by atoms with van der Waals surface area (Å²) in [5, 5.41) is 17.6. The number of carbonyl (C=O) groups is 5. The van der Waals surface area contributed by atoms with E-state index in [1.165, 1.54) is 16.7 Å². The maximum atomic E-state index is 13.1. The van der Waals surface area contributed by atoms with E-state index >= 15 is 0 Å². The maximum Gasteiger partial charge on any atom is 0.430 e. The smallest absolute Gasteiger partial charge is 0.430 e. The van der Waals surface area contributed by atoms with Gasteiger partial charge in [-0.25, -0.2) is 0 Å². The van der Waals surface area contributed by atoms with Crippen molar-refractivity contribution in [2.24, 2.45) is 0 Å². The Morgan fingerprint density at radius 3 is 1.07 bits per heavy atom. The first-order valence-corrected chi connectivity index (χ1v) is 27.3. The molecule has 20 nitrogen and oxygen atoms in total. The Hall–Kier alpha value is -7.87. The van der Waals surface area contributed by atoms with Gasteiger partial charge in [-0.3, -0.25) is 14.4 Å². The first-order chi connectivity index (χ1) is 40.6. The molecule has 86 heavy (non-hydrogen) atoms. The largest absolute Gasteiger partial charge is 0.542 e. The lowest BCUT2D eigenvalue weighted by Gasteiger charge is -2.46. The fourth-order valence-electron chi connectivity index (χ4n) is 10.2. The molecule has 476 valence electrons.